The van der Waals surface area contributed by atoms with E-state index in [9.17, 15) is 9.59 Å². The van der Waals surface area contributed by atoms with Crippen molar-refractivity contribution in [1.29, 1.82) is 0 Å². The Labute approximate surface area is 161 Å². The number of hydrogen-bond donors (Lipinski definition) is 1. The van der Waals surface area contributed by atoms with Crippen molar-refractivity contribution in [2.45, 2.75) is 19.4 Å². The van der Waals surface area contributed by atoms with Crippen LogP contribution < -0.4 is 5.32 Å². The molecule has 134 valence electrons. The van der Waals surface area contributed by atoms with Crippen molar-refractivity contribution >= 4 is 46.7 Å². The Bertz CT molecular complexity index is 669. The van der Waals surface area contributed by atoms with E-state index < -0.39 is 17.8 Å². The third-order valence-electron chi connectivity index (χ3n) is 3.93. The number of carbonyl (C=O) groups excluding carboxylic acids is 2. The van der Waals surface area contributed by atoms with E-state index in [-0.39, 0.29) is 22.0 Å². The highest BCUT2D eigenvalue weighted by molar-refractivity contribution is 6.59. The molecule has 0 unspecified atom stereocenters. The SMILES string of the molecule is O=C(NCc1ccccc1)[C@@H]1CC=CC[C@H]1C(=O)OCC(Cl)=C(Cl)Cl. The highest BCUT2D eigenvalue weighted by atomic mass is 35.5. The van der Waals surface area contributed by atoms with Crippen LogP contribution in [0.15, 0.2) is 52.0 Å². The molecule has 4 nitrogen and oxygen atoms in total. The third kappa shape index (κ3) is 6.07. The highest BCUT2D eigenvalue weighted by Gasteiger charge is 2.35. The van der Waals surface area contributed by atoms with Gasteiger partial charge in [-0.3, -0.25) is 9.59 Å². The first-order chi connectivity index (χ1) is 12.0. The molecular formula is C18H18Cl3NO3. The van der Waals surface area contributed by atoms with Gasteiger partial charge in [-0.15, -0.1) is 0 Å². The normalized spacial score (nSPS) is 19.2. The standard InChI is InChI=1S/C18H18Cl3NO3/c19-15(16(20)21)11-25-18(24)14-9-5-4-8-13(14)17(23)22-10-12-6-2-1-3-7-12/h1-7,13-14H,8-11H2,(H,22,23)/t13-,14-/m1/s1. The van der Waals surface area contributed by atoms with Gasteiger partial charge in [0.25, 0.3) is 0 Å². The summed E-state index contributed by atoms with van der Waals surface area (Å²) in [6.45, 7) is 0.208. The summed E-state index contributed by atoms with van der Waals surface area (Å²) in [6, 6.07) is 9.58. The van der Waals surface area contributed by atoms with Crippen molar-refractivity contribution < 1.29 is 14.3 Å². The Morgan fingerprint density at radius 3 is 2.32 bits per heavy atom. The summed E-state index contributed by atoms with van der Waals surface area (Å²) in [5, 5.41) is 2.93. The van der Waals surface area contributed by atoms with Crippen LogP contribution >= 0.6 is 34.8 Å². The summed E-state index contributed by atoms with van der Waals surface area (Å²) in [7, 11) is 0. The van der Waals surface area contributed by atoms with Crippen LogP contribution in [0.4, 0.5) is 0 Å². The molecule has 7 heteroatoms. The lowest BCUT2D eigenvalue weighted by atomic mass is 9.82. The number of rotatable bonds is 6. The van der Waals surface area contributed by atoms with Crippen molar-refractivity contribution in [3.8, 4) is 0 Å². The second-order valence-corrected chi connectivity index (χ2v) is 7.04. The van der Waals surface area contributed by atoms with E-state index in [1.165, 1.54) is 0 Å². The van der Waals surface area contributed by atoms with Crippen molar-refractivity contribution in [1.82, 2.24) is 5.32 Å². The molecule has 2 atom stereocenters. The van der Waals surface area contributed by atoms with Gasteiger partial charge in [0, 0.05) is 6.54 Å². The molecule has 1 aromatic carbocycles. The minimum Gasteiger partial charge on any atom is -0.460 e. The van der Waals surface area contributed by atoms with E-state index in [0.29, 0.717) is 19.4 Å². The average molecular weight is 403 g/mol. The molecule has 0 saturated carbocycles. The Kier molecular flexibility index (Phi) is 7.82. The fourth-order valence-corrected chi connectivity index (χ4v) is 2.74. The molecule has 0 bridgehead atoms. The van der Waals surface area contributed by atoms with E-state index in [1.54, 1.807) is 0 Å². The third-order valence-corrected chi connectivity index (χ3v) is 4.88. The number of halogens is 3. The molecule has 1 aromatic rings. The second-order valence-electron chi connectivity index (χ2n) is 5.63. The van der Waals surface area contributed by atoms with Crippen LogP contribution in [-0.4, -0.2) is 18.5 Å². The molecular weight excluding hydrogens is 385 g/mol. The molecule has 0 radical (unpaired) electrons. The maximum Gasteiger partial charge on any atom is 0.310 e. The van der Waals surface area contributed by atoms with Gasteiger partial charge >= 0.3 is 5.97 Å². The first-order valence-electron chi connectivity index (χ1n) is 7.82. The number of carbonyl (C=O) groups is 2. The first kappa shape index (κ1) is 19.8. The van der Waals surface area contributed by atoms with Gasteiger partial charge in [-0.1, -0.05) is 77.3 Å². The molecule has 0 heterocycles. The maximum absolute atomic E-state index is 12.5. The van der Waals surface area contributed by atoms with Gasteiger partial charge in [0.05, 0.1) is 16.9 Å². The lowest BCUT2D eigenvalue weighted by Gasteiger charge is -2.26. The van der Waals surface area contributed by atoms with Crippen LogP contribution in [0.3, 0.4) is 0 Å². The van der Waals surface area contributed by atoms with Gasteiger partial charge in [0.15, 0.2) is 0 Å². The summed E-state index contributed by atoms with van der Waals surface area (Å²) in [4.78, 5) is 24.8. The van der Waals surface area contributed by atoms with Gasteiger partial charge in [0.1, 0.15) is 11.1 Å². The molecule has 0 spiro atoms. The quantitative estimate of drug-likeness (QED) is 0.570. The minimum atomic E-state index is -0.556. The maximum atomic E-state index is 12.5. The topological polar surface area (TPSA) is 55.4 Å². The minimum absolute atomic E-state index is 0.0492. The van der Waals surface area contributed by atoms with Gasteiger partial charge in [0.2, 0.25) is 5.91 Å². The molecule has 0 fully saturated rings. The van der Waals surface area contributed by atoms with Gasteiger partial charge in [-0.05, 0) is 18.4 Å². The van der Waals surface area contributed by atoms with Crippen molar-refractivity contribution in [3.05, 3.63) is 57.6 Å². The van der Waals surface area contributed by atoms with Crippen molar-refractivity contribution in [2.24, 2.45) is 11.8 Å². The van der Waals surface area contributed by atoms with Crippen molar-refractivity contribution in [3.63, 3.8) is 0 Å². The number of allylic oxidation sites excluding steroid dienone is 2. The summed E-state index contributed by atoms with van der Waals surface area (Å²) in [5.74, 6) is -1.70. The Morgan fingerprint density at radius 1 is 1.04 bits per heavy atom. The van der Waals surface area contributed by atoms with E-state index in [4.69, 9.17) is 39.5 Å². The van der Waals surface area contributed by atoms with Crippen LogP contribution in [-0.2, 0) is 20.9 Å². The van der Waals surface area contributed by atoms with Crippen LogP contribution in [0.1, 0.15) is 18.4 Å². The zero-order valence-electron chi connectivity index (χ0n) is 13.4. The molecule has 0 aliphatic heterocycles. The molecule has 25 heavy (non-hydrogen) atoms. The lowest BCUT2D eigenvalue weighted by Crippen LogP contribution is -2.39. The molecule has 1 amide bonds. The first-order valence-corrected chi connectivity index (χ1v) is 8.95. The number of nitrogens with one attached hydrogen (secondary N) is 1. The zero-order chi connectivity index (χ0) is 18.2. The average Bonchev–Trinajstić information content (AvgIpc) is 2.64. The van der Waals surface area contributed by atoms with E-state index in [1.807, 2.05) is 42.5 Å². The van der Waals surface area contributed by atoms with Gasteiger partial charge < -0.3 is 10.1 Å². The van der Waals surface area contributed by atoms with Gasteiger partial charge in [-0.25, -0.2) is 0 Å². The fourth-order valence-electron chi connectivity index (χ4n) is 2.58. The van der Waals surface area contributed by atoms with Crippen molar-refractivity contribution in [2.75, 3.05) is 6.61 Å². The molecule has 0 aromatic heterocycles. The smallest absolute Gasteiger partial charge is 0.310 e. The number of hydrogen-bond acceptors (Lipinski definition) is 3. The van der Waals surface area contributed by atoms with Crippen LogP contribution in [0, 0.1) is 11.8 Å². The van der Waals surface area contributed by atoms with Gasteiger partial charge in [-0.2, -0.15) is 0 Å². The molecule has 1 aliphatic carbocycles. The summed E-state index contributed by atoms with van der Waals surface area (Å²) < 4.78 is 4.99. The summed E-state index contributed by atoms with van der Waals surface area (Å²) in [5.41, 5.74) is 0.995. The number of esters is 1. The predicted molar refractivity (Wildman–Crippen MR) is 99.2 cm³/mol. The van der Waals surface area contributed by atoms with E-state index in [0.717, 1.165) is 5.56 Å². The Morgan fingerprint density at radius 2 is 1.68 bits per heavy atom. The van der Waals surface area contributed by atoms with E-state index in [2.05, 4.69) is 5.32 Å². The number of amides is 1. The van der Waals surface area contributed by atoms with E-state index >= 15 is 0 Å². The molecule has 1 aliphatic rings. The zero-order valence-corrected chi connectivity index (χ0v) is 15.7. The highest BCUT2D eigenvalue weighted by Crippen LogP contribution is 2.28. The number of benzene rings is 1. The summed E-state index contributed by atoms with van der Waals surface area (Å²) >= 11 is 16.8. The summed E-state index contributed by atoms with van der Waals surface area (Å²) in [6.07, 6.45) is 4.70. The monoisotopic (exact) mass is 401 g/mol. The molecule has 2 rings (SSSR count). The predicted octanol–water partition coefficient (Wildman–Crippen LogP) is 4.31. The van der Waals surface area contributed by atoms with Crippen LogP contribution in [0.5, 0.6) is 0 Å². The second kappa shape index (κ2) is 9.85. The van der Waals surface area contributed by atoms with Crippen LogP contribution in [0.25, 0.3) is 0 Å². The fraction of sp³-hybridized carbons (Fsp3) is 0.333. The Hall–Kier alpha value is -1.49. The molecule has 1 N–H and O–H groups in total. The van der Waals surface area contributed by atoms with Crippen LogP contribution in [0.2, 0.25) is 0 Å². The number of ether oxygens (including phenoxy) is 1. The Balaban J connectivity index is 1.95. The largest absolute Gasteiger partial charge is 0.460 e. The lowest BCUT2D eigenvalue weighted by molar-refractivity contribution is -0.152. The molecule has 0 saturated heterocycles.